The van der Waals surface area contributed by atoms with Crippen molar-refractivity contribution in [3.8, 4) is 6.07 Å². The molecule has 0 spiro atoms. The number of nitrogens with one attached hydrogen (secondary N) is 1. The maximum atomic E-state index is 13.5. The number of aromatic nitrogens is 1. The lowest BCUT2D eigenvalue weighted by atomic mass is 10.2. The molecule has 0 aliphatic carbocycles. The summed E-state index contributed by atoms with van der Waals surface area (Å²) < 4.78 is 65.9. The van der Waals surface area contributed by atoms with Crippen molar-refractivity contribution in [3.05, 3.63) is 51.9 Å². The van der Waals surface area contributed by atoms with Gasteiger partial charge in [-0.2, -0.15) is 5.26 Å². The van der Waals surface area contributed by atoms with Crippen LogP contribution in [0.4, 0.5) is 33.5 Å². The van der Waals surface area contributed by atoms with Crippen molar-refractivity contribution in [1.29, 1.82) is 5.26 Å². The average molecular weight is 320 g/mol. The summed E-state index contributed by atoms with van der Waals surface area (Å²) in [6, 6.07) is 2.89. The minimum Gasteiger partial charge on any atom is -0.334 e. The molecule has 3 nitrogen and oxygen atoms in total. The van der Waals surface area contributed by atoms with Gasteiger partial charge in [-0.3, -0.25) is 0 Å². The molecule has 2 rings (SSSR count). The first-order chi connectivity index (χ1) is 9.88. The Bertz CT molecular complexity index is 743. The molecule has 1 heterocycles. The van der Waals surface area contributed by atoms with E-state index in [2.05, 4.69) is 4.98 Å². The largest absolute Gasteiger partial charge is 0.334 e. The van der Waals surface area contributed by atoms with Gasteiger partial charge in [-0.05, 0) is 6.07 Å². The lowest BCUT2D eigenvalue weighted by Crippen LogP contribution is -2.08. The summed E-state index contributed by atoms with van der Waals surface area (Å²) >= 11 is 5.72. The van der Waals surface area contributed by atoms with E-state index in [0.29, 0.717) is 0 Å². The highest BCUT2D eigenvalue weighted by Gasteiger charge is 2.26. The van der Waals surface area contributed by atoms with Crippen LogP contribution in [0.2, 0.25) is 5.02 Å². The average Bonchev–Trinajstić information content (AvgIpc) is 2.49. The van der Waals surface area contributed by atoms with Gasteiger partial charge < -0.3 is 5.32 Å². The van der Waals surface area contributed by atoms with Crippen LogP contribution >= 0.6 is 11.6 Å². The minimum atomic E-state index is -2.28. The molecule has 108 valence electrons. The van der Waals surface area contributed by atoms with Crippen molar-refractivity contribution in [2.45, 2.75) is 0 Å². The van der Waals surface area contributed by atoms with E-state index in [0.717, 1.165) is 6.20 Å². The van der Waals surface area contributed by atoms with Gasteiger partial charge in [0, 0.05) is 6.20 Å². The van der Waals surface area contributed by atoms with Crippen LogP contribution in [-0.2, 0) is 0 Å². The Balaban J connectivity index is 2.59. The first-order valence-corrected chi connectivity index (χ1v) is 5.59. The molecular weight excluding hydrogens is 317 g/mol. The summed E-state index contributed by atoms with van der Waals surface area (Å²) in [7, 11) is 0. The molecular formula is C12H3ClF5N3. The predicted octanol–water partition coefficient (Wildman–Crippen LogP) is 4.05. The van der Waals surface area contributed by atoms with Crippen LogP contribution in [0, 0.1) is 40.4 Å². The number of hydrogen-bond donors (Lipinski definition) is 1. The Morgan fingerprint density at radius 1 is 1.00 bits per heavy atom. The summed E-state index contributed by atoms with van der Waals surface area (Å²) in [5.41, 5.74) is -1.39. The van der Waals surface area contributed by atoms with Crippen LogP contribution < -0.4 is 5.32 Å². The molecule has 9 heteroatoms. The monoisotopic (exact) mass is 319 g/mol. The second-order valence-corrected chi connectivity index (χ2v) is 4.08. The standard InChI is InChI=1S/C12H3ClF5N3/c13-5-4(3-19)1-2-20-12(5)21-11-9(17)7(15)6(14)8(16)10(11)18/h1-2H,(H,20,21). The molecule has 0 amide bonds. The summed E-state index contributed by atoms with van der Waals surface area (Å²) in [5, 5.41) is 10.3. The van der Waals surface area contributed by atoms with Crippen molar-refractivity contribution >= 4 is 23.1 Å². The zero-order valence-electron chi connectivity index (χ0n) is 9.82. The van der Waals surface area contributed by atoms with E-state index in [4.69, 9.17) is 16.9 Å². The van der Waals surface area contributed by atoms with Crippen molar-refractivity contribution < 1.29 is 22.0 Å². The van der Waals surface area contributed by atoms with E-state index < -0.39 is 40.6 Å². The molecule has 0 radical (unpaired) electrons. The predicted molar refractivity (Wildman–Crippen MR) is 63.5 cm³/mol. The Kier molecular flexibility index (Phi) is 3.95. The molecule has 0 unspecified atom stereocenters. The third kappa shape index (κ3) is 2.48. The van der Waals surface area contributed by atoms with Gasteiger partial charge in [0.05, 0.1) is 5.56 Å². The highest BCUT2D eigenvalue weighted by molar-refractivity contribution is 6.34. The van der Waals surface area contributed by atoms with Gasteiger partial charge >= 0.3 is 0 Å². The smallest absolute Gasteiger partial charge is 0.200 e. The van der Waals surface area contributed by atoms with Crippen LogP contribution in [0.25, 0.3) is 0 Å². The first kappa shape index (κ1) is 15.0. The van der Waals surface area contributed by atoms with E-state index in [-0.39, 0.29) is 10.6 Å². The molecule has 0 saturated carbocycles. The molecule has 0 saturated heterocycles. The van der Waals surface area contributed by atoms with Crippen LogP contribution in [-0.4, -0.2) is 4.98 Å². The SMILES string of the molecule is N#Cc1ccnc(Nc2c(F)c(F)c(F)c(F)c2F)c1Cl. The summed E-state index contributed by atoms with van der Waals surface area (Å²) in [4.78, 5) is 3.58. The minimum absolute atomic E-state index is 0.0851. The number of rotatable bonds is 2. The summed E-state index contributed by atoms with van der Waals surface area (Å²) in [6.07, 6.45) is 1.08. The number of hydrogen-bond acceptors (Lipinski definition) is 3. The molecule has 1 aromatic heterocycles. The quantitative estimate of drug-likeness (QED) is 0.516. The van der Waals surface area contributed by atoms with Crippen LogP contribution in [0.5, 0.6) is 0 Å². The van der Waals surface area contributed by atoms with Crippen molar-refractivity contribution in [3.63, 3.8) is 0 Å². The van der Waals surface area contributed by atoms with Crippen LogP contribution in [0.3, 0.4) is 0 Å². The highest BCUT2D eigenvalue weighted by atomic mass is 35.5. The fourth-order valence-corrected chi connectivity index (χ4v) is 1.65. The zero-order chi connectivity index (χ0) is 15.7. The maximum Gasteiger partial charge on any atom is 0.200 e. The zero-order valence-corrected chi connectivity index (χ0v) is 10.6. The van der Waals surface area contributed by atoms with Gasteiger partial charge in [0.2, 0.25) is 5.82 Å². The van der Waals surface area contributed by atoms with Crippen molar-refractivity contribution in [2.24, 2.45) is 0 Å². The van der Waals surface area contributed by atoms with Gasteiger partial charge in [0.1, 0.15) is 16.8 Å². The molecule has 0 bridgehead atoms. The summed E-state index contributed by atoms with van der Waals surface area (Å²) in [5.74, 6) is -11.0. The van der Waals surface area contributed by atoms with Gasteiger partial charge in [-0.15, -0.1) is 0 Å². The van der Waals surface area contributed by atoms with Gasteiger partial charge in [0.25, 0.3) is 0 Å². The third-order valence-corrected chi connectivity index (χ3v) is 2.85. The van der Waals surface area contributed by atoms with Gasteiger partial charge in [0.15, 0.2) is 29.1 Å². The van der Waals surface area contributed by atoms with Crippen molar-refractivity contribution in [1.82, 2.24) is 4.98 Å². The lowest BCUT2D eigenvalue weighted by molar-refractivity contribution is 0.382. The van der Waals surface area contributed by atoms with E-state index in [1.54, 1.807) is 6.07 Å². The first-order valence-electron chi connectivity index (χ1n) is 5.21. The summed E-state index contributed by atoms with van der Waals surface area (Å²) in [6.45, 7) is 0. The second kappa shape index (κ2) is 5.54. The Morgan fingerprint density at radius 3 is 2.05 bits per heavy atom. The molecule has 1 N–H and O–H groups in total. The van der Waals surface area contributed by atoms with E-state index >= 15 is 0 Å². The molecule has 1 aromatic carbocycles. The Hall–Kier alpha value is -2.40. The molecule has 2 aromatic rings. The van der Waals surface area contributed by atoms with E-state index in [1.165, 1.54) is 6.07 Å². The number of benzene rings is 1. The topological polar surface area (TPSA) is 48.7 Å². The molecule has 0 aliphatic rings. The van der Waals surface area contributed by atoms with E-state index in [9.17, 15) is 22.0 Å². The molecule has 0 fully saturated rings. The van der Waals surface area contributed by atoms with Crippen LogP contribution in [0.15, 0.2) is 12.3 Å². The van der Waals surface area contributed by atoms with E-state index in [1.807, 2.05) is 5.32 Å². The molecule has 0 aliphatic heterocycles. The number of halogens is 6. The normalized spacial score (nSPS) is 10.3. The second-order valence-electron chi connectivity index (χ2n) is 3.70. The fraction of sp³-hybridized carbons (Fsp3) is 0. The number of nitriles is 1. The Morgan fingerprint density at radius 2 is 1.52 bits per heavy atom. The van der Waals surface area contributed by atoms with Gasteiger partial charge in [-0.1, -0.05) is 11.6 Å². The number of anilines is 2. The number of pyridine rings is 1. The van der Waals surface area contributed by atoms with Crippen molar-refractivity contribution in [2.75, 3.05) is 5.32 Å². The van der Waals surface area contributed by atoms with Gasteiger partial charge in [-0.25, -0.2) is 26.9 Å². The lowest BCUT2D eigenvalue weighted by Gasteiger charge is -2.11. The van der Waals surface area contributed by atoms with Crippen LogP contribution in [0.1, 0.15) is 5.56 Å². The Labute approximate surface area is 119 Å². The maximum absolute atomic E-state index is 13.5. The highest BCUT2D eigenvalue weighted by Crippen LogP contribution is 2.32. The fourth-order valence-electron chi connectivity index (χ4n) is 1.45. The molecule has 0 atom stereocenters. The third-order valence-electron chi connectivity index (χ3n) is 2.46. The number of nitrogens with zero attached hydrogens (tertiary/aromatic N) is 2. The molecule has 21 heavy (non-hydrogen) atoms.